The molecule has 0 saturated heterocycles. The van der Waals surface area contributed by atoms with Gasteiger partial charge in [-0.3, -0.25) is 37.3 Å². The number of carbonyl (C=O) groups is 4. The van der Waals surface area contributed by atoms with Crippen molar-refractivity contribution in [2.45, 2.75) is 477 Å². The normalized spacial score (nSPS) is 13.8. The second kappa shape index (κ2) is 77.8. The van der Waals surface area contributed by atoms with E-state index in [9.17, 15) is 43.2 Å². The van der Waals surface area contributed by atoms with Gasteiger partial charge in [-0.2, -0.15) is 0 Å². The van der Waals surface area contributed by atoms with E-state index in [1.165, 1.54) is 283 Å². The summed E-state index contributed by atoms with van der Waals surface area (Å²) in [6.07, 6.45) is 70.7. The van der Waals surface area contributed by atoms with Crippen LogP contribution in [0.1, 0.15) is 458 Å². The minimum absolute atomic E-state index is 0.108. The quantitative estimate of drug-likeness (QED) is 0.0222. The Morgan fingerprint density at radius 3 is 0.654 bits per heavy atom. The number of ether oxygens (including phenoxy) is 4. The first-order chi connectivity index (χ1) is 50.5. The van der Waals surface area contributed by atoms with E-state index in [1.807, 2.05) is 0 Å². The van der Waals surface area contributed by atoms with Gasteiger partial charge in [0.1, 0.15) is 19.3 Å². The van der Waals surface area contributed by atoms with E-state index in [2.05, 4.69) is 34.6 Å². The second-order valence-corrected chi connectivity index (χ2v) is 34.0. The average Bonchev–Trinajstić information content (AvgIpc) is 0.908. The zero-order valence-electron chi connectivity index (χ0n) is 68.2. The molecule has 0 aliphatic heterocycles. The molecule has 0 fully saturated rings. The van der Waals surface area contributed by atoms with Crippen molar-refractivity contribution in [3.63, 3.8) is 0 Å². The van der Waals surface area contributed by atoms with Crippen LogP contribution in [0.5, 0.6) is 0 Å². The van der Waals surface area contributed by atoms with E-state index >= 15 is 0 Å². The molecule has 0 aliphatic carbocycles. The summed E-state index contributed by atoms with van der Waals surface area (Å²) < 4.78 is 68.9. The highest BCUT2D eigenvalue weighted by Crippen LogP contribution is 2.45. The number of hydrogen-bond acceptors (Lipinski definition) is 15. The monoisotopic (exact) mass is 1520 g/mol. The van der Waals surface area contributed by atoms with E-state index in [0.29, 0.717) is 25.7 Å². The first-order valence-corrected chi connectivity index (χ1v) is 47.1. The highest BCUT2D eigenvalue weighted by atomic mass is 31.2. The fraction of sp³-hybridized carbons (Fsp3) is 0.953. The molecular formula is C85H166O17P2. The Balaban J connectivity index is 5.26. The van der Waals surface area contributed by atoms with Crippen LogP contribution in [0, 0.1) is 5.92 Å². The molecule has 0 aliphatic rings. The second-order valence-electron chi connectivity index (χ2n) is 31.1. The maximum atomic E-state index is 13.1. The van der Waals surface area contributed by atoms with Gasteiger partial charge in [-0.1, -0.05) is 407 Å². The molecule has 0 aromatic heterocycles. The maximum Gasteiger partial charge on any atom is 0.472 e. The Morgan fingerprint density at radius 2 is 0.442 bits per heavy atom. The first-order valence-electron chi connectivity index (χ1n) is 44.1. The lowest BCUT2D eigenvalue weighted by molar-refractivity contribution is -0.161. The molecule has 19 heteroatoms. The number of unbranched alkanes of at least 4 members (excludes halogenated alkanes) is 57. The van der Waals surface area contributed by atoms with Crippen LogP contribution < -0.4 is 0 Å². The summed E-state index contributed by atoms with van der Waals surface area (Å²) in [7, 11) is -9.93. The Kier molecular flexibility index (Phi) is 76.3. The van der Waals surface area contributed by atoms with Crippen molar-refractivity contribution in [2.24, 2.45) is 5.92 Å². The lowest BCUT2D eigenvalue weighted by Gasteiger charge is -2.21. The third kappa shape index (κ3) is 78.2. The molecule has 0 heterocycles. The zero-order valence-corrected chi connectivity index (χ0v) is 70.0. The van der Waals surface area contributed by atoms with Crippen molar-refractivity contribution in [1.82, 2.24) is 0 Å². The summed E-state index contributed by atoms with van der Waals surface area (Å²) in [6, 6.07) is 0. The molecule has 0 rings (SSSR count). The molecule has 3 N–H and O–H groups in total. The molecule has 0 spiro atoms. The highest BCUT2D eigenvalue weighted by molar-refractivity contribution is 7.47. The molecule has 2 unspecified atom stereocenters. The third-order valence-electron chi connectivity index (χ3n) is 20.0. The topological polar surface area (TPSA) is 237 Å². The summed E-state index contributed by atoms with van der Waals surface area (Å²) in [6.45, 7) is 7.35. The van der Waals surface area contributed by atoms with Crippen molar-refractivity contribution in [1.29, 1.82) is 0 Å². The fourth-order valence-electron chi connectivity index (χ4n) is 13.3. The first kappa shape index (κ1) is 102. The number of phosphoric ester groups is 2. The van der Waals surface area contributed by atoms with Gasteiger partial charge in [-0.25, -0.2) is 9.13 Å². The van der Waals surface area contributed by atoms with Gasteiger partial charge in [0.05, 0.1) is 26.4 Å². The van der Waals surface area contributed by atoms with Gasteiger partial charge >= 0.3 is 39.5 Å². The summed E-state index contributed by atoms with van der Waals surface area (Å²) in [5.74, 6) is -1.36. The predicted octanol–water partition coefficient (Wildman–Crippen LogP) is 26.0. The van der Waals surface area contributed by atoms with Crippen molar-refractivity contribution < 1.29 is 80.2 Å². The largest absolute Gasteiger partial charge is 0.472 e. The third-order valence-corrected chi connectivity index (χ3v) is 21.9. The van der Waals surface area contributed by atoms with Gasteiger partial charge in [0.2, 0.25) is 0 Å². The fourth-order valence-corrected chi connectivity index (χ4v) is 14.9. The standard InChI is InChI=1S/C85H166O17P2/c1-6-9-12-15-18-21-24-27-30-33-35-38-40-43-48-53-58-63-68-82(87)95-74-80(101-84(89)71-66-61-56-50-45-42-39-36-34-31-28-25-22-19-16-13-10-7-2)76-99-103(91,92)97-72-79(86)73-98-104(93,94)100-77-81(75-96-83(88)69-64-59-54-51-46-47-52-57-62-67-78(4)5)102-85(90)70-65-60-55-49-44-41-37-32-29-26-23-20-17-14-11-8-3/h78-81,86H,6-77H2,1-5H3,(H,91,92)(H,93,94)/t79-,80-,81-/m1/s1. The lowest BCUT2D eigenvalue weighted by Crippen LogP contribution is -2.30. The predicted molar refractivity (Wildman–Crippen MR) is 428 cm³/mol. The van der Waals surface area contributed by atoms with Crippen LogP contribution in [0.2, 0.25) is 0 Å². The van der Waals surface area contributed by atoms with Crippen molar-refractivity contribution in [2.75, 3.05) is 39.6 Å². The molecule has 0 radical (unpaired) electrons. The molecule has 0 bridgehead atoms. The van der Waals surface area contributed by atoms with Gasteiger partial charge in [0, 0.05) is 25.7 Å². The smallest absolute Gasteiger partial charge is 0.462 e. The summed E-state index contributed by atoms with van der Waals surface area (Å²) in [4.78, 5) is 73.2. The molecule has 618 valence electrons. The minimum Gasteiger partial charge on any atom is -0.462 e. The van der Waals surface area contributed by atoms with E-state index in [-0.39, 0.29) is 25.7 Å². The number of aliphatic hydroxyl groups is 1. The Bertz CT molecular complexity index is 1980. The average molecular weight is 1520 g/mol. The van der Waals surface area contributed by atoms with Gasteiger partial charge in [0.15, 0.2) is 12.2 Å². The van der Waals surface area contributed by atoms with E-state index in [1.54, 1.807) is 0 Å². The molecular weight excluding hydrogens is 1350 g/mol. The zero-order chi connectivity index (χ0) is 76.2. The minimum atomic E-state index is -4.96. The molecule has 0 aromatic rings. The Hall–Kier alpha value is -1.94. The number of carbonyl (C=O) groups excluding carboxylic acids is 4. The van der Waals surface area contributed by atoms with Gasteiger partial charge < -0.3 is 33.8 Å². The molecule has 104 heavy (non-hydrogen) atoms. The van der Waals surface area contributed by atoms with Crippen LogP contribution in [0.3, 0.4) is 0 Å². The van der Waals surface area contributed by atoms with Crippen LogP contribution in [0.25, 0.3) is 0 Å². The summed E-state index contributed by atoms with van der Waals surface area (Å²) >= 11 is 0. The Morgan fingerprint density at radius 1 is 0.260 bits per heavy atom. The number of hydrogen-bond donors (Lipinski definition) is 3. The lowest BCUT2D eigenvalue weighted by atomic mass is 10.0. The molecule has 0 amide bonds. The van der Waals surface area contributed by atoms with Gasteiger partial charge in [-0.05, 0) is 31.6 Å². The van der Waals surface area contributed by atoms with Crippen molar-refractivity contribution in [3.05, 3.63) is 0 Å². The van der Waals surface area contributed by atoms with Crippen LogP contribution in [0.15, 0.2) is 0 Å². The highest BCUT2D eigenvalue weighted by Gasteiger charge is 2.30. The molecule has 5 atom stereocenters. The Labute approximate surface area is 638 Å². The van der Waals surface area contributed by atoms with E-state index < -0.39 is 97.5 Å². The van der Waals surface area contributed by atoms with Crippen LogP contribution in [0.4, 0.5) is 0 Å². The van der Waals surface area contributed by atoms with E-state index in [4.69, 9.17) is 37.0 Å². The van der Waals surface area contributed by atoms with E-state index in [0.717, 1.165) is 95.8 Å². The molecule has 0 aromatic carbocycles. The number of rotatable bonds is 85. The van der Waals surface area contributed by atoms with Crippen LogP contribution in [-0.2, 0) is 65.4 Å². The maximum absolute atomic E-state index is 13.1. The van der Waals surface area contributed by atoms with Crippen LogP contribution >= 0.6 is 15.6 Å². The van der Waals surface area contributed by atoms with Gasteiger partial charge in [-0.15, -0.1) is 0 Å². The summed E-state index contributed by atoms with van der Waals surface area (Å²) in [5.41, 5.74) is 0. The van der Waals surface area contributed by atoms with Crippen LogP contribution in [-0.4, -0.2) is 96.7 Å². The molecule has 0 saturated carbocycles. The van der Waals surface area contributed by atoms with Crippen molar-refractivity contribution in [3.8, 4) is 0 Å². The SMILES string of the molecule is CCCCCCCCCCCCCCCCCCCCC(=O)OC[C@H](COP(=O)(O)OC[C@@H](O)COP(=O)(O)OC[C@@H](COC(=O)CCCCCCCCCCCC(C)C)OC(=O)CCCCCCCCCCCCCCCCCC)OC(=O)CCCCCCCCCCCCCCCCCCCC. The van der Waals surface area contributed by atoms with Gasteiger partial charge in [0.25, 0.3) is 0 Å². The number of aliphatic hydroxyl groups excluding tert-OH is 1. The van der Waals surface area contributed by atoms with Crippen molar-refractivity contribution >= 4 is 39.5 Å². The number of phosphoric acid groups is 2. The summed E-state index contributed by atoms with van der Waals surface area (Å²) in [5, 5.41) is 10.7. The molecule has 17 nitrogen and oxygen atoms in total. The number of esters is 4.